The molecule has 1 aromatic carbocycles. The molecule has 148 valence electrons. The fraction of sp³-hybridized carbons (Fsp3) is 0.368. The molecule has 1 aliphatic heterocycles. The van der Waals surface area contributed by atoms with Crippen molar-refractivity contribution in [1.29, 1.82) is 0 Å². The van der Waals surface area contributed by atoms with Gasteiger partial charge >= 0.3 is 0 Å². The van der Waals surface area contributed by atoms with E-state index in [4.69, 9.17) is 0 Å². The second kappa shape index (κ2) is 7.75. The first kappa shape index (κ1) is 19.3. The van der Waals surface area contributed by atoms with E-state index < -0.39 is 16.1 Å². The highest BCUT2D eigenvalue weighted by atomic mass is 32.2. The Bertz CT molecular complexity index is 1060. The summed E-state index contributed by atoms with van der Waals surface area (Å²) < 4.78 is 24.7. The number of thiophene rings is 1. The highest BCUT2D eigenvalue weighted by Gasteiger charge is 2.25. The molecule has 0 spiro atoms. The van der Waals surface area contributed by atoms with Gasteiger partial charge in [-0.1, -0.05) is 30.3 Å². The Kier molecular flexibility index (Phi) is 5.33. The van der Waals surface area contributed by atoms with Crippen LogP contribution in [0.2, 0.25) is 0 Å². The molecule has 3 aromatic rings. The van der Waals surface area contributed by atoms with E-state index in [2.05, 4.69) is 15.3 Å². The fourth-order valence-corrected chi connectivity index (χ4v) is 5.26. The normalized spacial score (nSPS) is 17.6. The zero-order valence-corrected chi connectivity index (χ0v) is 17.1. The maximum Gasteiger partial charge on any atom is 0.224 e. The summed E-state index contributed by atoms with van der Waals surface area (Å²) in [6.07, 6.45) is 3.76. The molecule has 1 fully saturated rings. The van der Waals surface area contributed by atoms with Crippen LogP contribution in [0, 0.1) is 0 Å². The molecule has 2 N–H and O–H groups in total. The van der Waals surface area contributed by atoms with E-state index in [1.54, 1.807) is 6.20 Å². The maximum atomic E-state index is 11.6. The summed E-state index contributed by atoms with van der Waals surface area (Å²) in [6.45, 7) is 1.01. The van der Waals surface area contributed by atoms with E-state index >= 15 is 0 Å². The van der Waals surface area contributed by atoms with Crippen molar-refractivity contribution in [2.24, 2.45) is 0 Å². The van der Waals surface area contributed by atoms with Crippen molar-refractivity contribution in [1.82, 2.24) is 14.3 Å². The van der Waals surface area contributed by atoms with Crippen LogP contribution in [-0.2, 0) is 10.0 Å². The zero-order valence-electron chi connectivity index (χ0n) is 15.4. The lowest BCUT2D eigenvalue weighted by Gasteiger charge is -2.30. The third-order valence-corrected chi connectivity index (χ3v) is 7.33. The molecule has 7 nitrogen and oxygen atoms in total. The summed E-state index contributed by atoms with van der Waals surface area (Å²) in [5, 5.41) is 14.8. The molecule has 3 heterocycles. The average molecular weight is 419 g/mol. The van der Waals surface area contributed by atoms with E-state index in [-0.39, 0.29) is 6.04 Å². The van der Waals surface area contributed by atoms with Gasteiger partial charge in [0.2, 0.25) is 16.0 Å². The Morgan fingerprint density at radius 3 is 2.64 bits per heavy atom. The van der Waals surface area contributed by atoms with E-state index in [9.17, 15) is 13.5 Å². The Labute approximate surface area is 168 Å². The first-order valence-electron chi connectivity index (χ1n) is 9.11. The van der Waals surface area contributed by atoms with Gasteiger partial charge in [0.25, 0.3) is 0 Å². The standard InChI is InChI=1S/C19H22N4O3S2/c1-28(25,26)23-9-7-15(8-10-23)21-19-20-12-14-11-16(27-18(14)22-19)17(24)13-5-3-2-4-6-13/h2-6,11-12,15,17,24H,7-10H2,1H3,(H,20,21,22). The van der Waals surface area contributed by atoms with Crippen molar-refractivity contribution in [3.63, 3.8) is 0 Å². The van der Waals surface area contributed by atoms with Gasteiger partial charge in [-0.25, -0.2) is 22.7 Å². The van der Waals surface area contributed by atoms with Gasteiger partial charge in [-0.05, 0) is 24.5 Å². The summed E-state index contributed by atoms with van der Waals surface area (Å²) in [5.74, 6) is 0.535. The van der Waals surface area contributed by atoms with E-state index in [1.165, 1.54) is 21.9 Å². The summed E-state index contributed by atoms with van der Waals surface area (Å²) in [4.78, 5) is 10.6. The monoisotopic (exact) mass is 418 g/mol. The highest BCUT2D eigenvalue weighted by molar-refractivity contribution is 7.88. The Morgan fingerprint density at radius 2 is 1.96 bits per heavy atom. The summed E-state index contributed by atoms with van der Waals surface area (Å²) in [5.41, 5.74) is 0.845. The molecule has 0 bridgehead atoms. The number of rotatable bonds is 5. The van der Waals surface area contributed by atoms with Crippen LogP contribution in [-0.4, -0.2) is 53.2 Å². The predicted octanol–water partition coefficient (Wildman–Crippen LogP) is 2.61. The van der Waals surface area contributed by atoms with Crippen LogP contribution < -0.4 is 5.32 Å². The van der Waals surface area contributed by atoms with Crippen LogP contribution in [0.4, 0.5) is 5.95 Å². The molecule has 2 aromatic heterocycles. The van der Waals surface area contributed by atoms with Crippen LogP contribution in [0.3, 0.4) is 0 Å². The molecule has 0 saturated carbocycles. The van der Waals surface area contributed by atoms with Crippen molar-refractivity contribution in [3.05, 3.63) is 53.0 Å². The number of aliphatic hydroxyl groups excluding tert-OH is 1. The van der Waals surface area contributed by atoms with Gasteiger partial charge in [-0.2, -0.15) is 0 Å². The summed E-state index contributed by atoms with van der Waals surface area (Å²) in [6, 6.07) is 11.6. The minimum Gasteiger partial charge on any atom is -0.383 e. The number of piperidine rings is 1. The highest BCUT2D eigenvalue weighted by Crippen LogP contribution is 2.32. The van der Waals surface area contributed by atoms with E-state index in [0.29, 0.717) is 19.0 Å². The Morgan fingerprint density at radius 1 is 1.25 bits per heavy atom. The molecule has 1 unspecified atom stereocenters. The first-order chi connectivity index (χ1) is 13.4. The Hall–Kier alpha value is -2.07. The molecular weight excluding hydrogens is 396 g/mol. The number of anilines is 1. The van der Waals surface area contributed by atoms with Gasteiger partial charge in [0, 0.05) is 35.6 Å². The van der Waals surface area contributed by atoms with Crippen molar-refractivity contribution >= 4 is 37.5 Å². The third kappa shape index (κ3) is 4.17. The zero-order chi connectivity index (χ0) is 19.7. The number of benzene rings is 1. The van der Waals surface area contributed by atoms with Crippen LogP contribution in [0.25, 0.3) is 10.2 Å². The fourth-order valence-electron chi connectivity index (χ4n) is 3.37. The number of aromatic nitrogens is 2. The lowest BCUT2D eigenvalue weighted by atomic mass is 10.1. The van der Waals surface area contributed by atoms with Crippen molar-refractivity contribution in [3.8, 4) is 0 Å². The van der Waals surface area contributed by atoms with Gasteiger partial charge in [-0.3, -0.25) is 0 Å². The lowest BCUT2D eigenvalue weighted by Crippen LogP contribution is -2.42. The second-order valence-corrected chi connectivity index (χ2v) is 10.0. The first-order valence-corrected chi connectivity index (χ1v) is 11.8. The average Bonchev–Trinajstić information content (AvgIpc) is 3.11. The summed E-state index contributed by atoms with van der Waals surface area (Å²) in [7, 11) is -3.13. The molecule has 28 heavy (non-hydrogen) atoms. The van der Waals surface area contributed by atoms with Crippen LogP contribution in [0.1, 0.15) is 29.4 Å². The van der Waals surface area contributed by atoms with Crippen molar-refractivity contribution < 1.29 is 13.5 Å². The molecular formula is C19H22N4O3S2. The van der Waals surface area contributed by atoms with E-state index in [0.717, 1.165) is 33.5 Å². The number of hydrogen-bond donors (Lipinski definition) is 2. The third-order valence-electron chi connectivity index (χ3n) is 4.93. The number of fused-ring (bicyclic) bond motifs is 1. The number of hydrogen-bond acceptors (Lipinski definition) is 7. The quantitative estimate of drug-likeness (QED) is 0.661. The molecule has 4 rings (SSSR count). The largest absolute Gasteiger partial charge is 0.383 e. The SMILES string of the molecule is CS(=O)(=O)N1CCC(Nc2ncc3cc(C(O)c4ccccc4)sc3n2)CC1. The number of sulfonamides is 1. The number of aliphatic hydroxyl groups is 1. The minimum absolute atomic E-state index is 0.143. The van der Waals surface area contributed by atoms with Gasteiger partial charge in [0.05, 0.1) is 6.26 Å². The lowest BCUT2D eigenvalue weighted by molar-refractivity contribution is 0.224. The molecule has 1 aliphatic rings. The molecule has 0 amide bonds. The van der Waals surface area contributed by atoms with E-state index in [1.807, 2.05) is 36.4 Å². The number of nitrogens with one attached hydrogen (secondary N) is 1. The van der Waals surface area contributed by atoms with Crippen LogP contribution >= 0.6 is 11.3 Å². The smallest absolute Gasteiger partial charge is 0.224 e. The topological polar surface area (TPSA) is 95.4 Å². The molecule has 1 atom stereocenters. The summed E-state index contributed by atoms with van der Waals surface area (Å²) >= 11 is 1.45. The minimum atomic E-state index is -3.13. The van der Waals surface area contributed by atoms with Crippen LogP contribution in [0.15, 0.2) is 42.6 Å². The number of nitrogens with zero attached hydrogens (tertiary/aromatic N) is 3. The second-order valence-electron chi connectivity index (χ2n) is 7.00. The van der Waals surface area contributed by atoms with Gasteiger partial charge in [-0.15, -0.1) is 11.3 Å². The molecule has 0 aliphatic carbocycles. The van der Waals surface area contributed by atoms with Crippen molar-refractivity contribution in [2.45, 2.75) is 25.0 Å². The van der Waals surface area contributed by atoms with Crippen LogP contribution in [0.5, 0.6) is 0 Å². The maximum absolute atomic E-state index is 11.6. The van der Waals surface area contributed by atoms with Crippen molar-refractivity contribution in [2.75, 3.05) is 24.7 Å². The molecule has 9 heteroatoms. The predicted molar refractivity (Wildman–Crippen MR) is 111 cm³/mol. The van der Waals surface area contributed by atoms with Gasteiger partial charge in [0.1, 0.15) is 10.9 Å². The molecule has 0 radical (unpaired) electrons. The van der Waals surface area contributed by atoms with Gasteiger partial charge in [0.15, 0.2) is 0 Å². The molecule has 1 saturated heterocycles. The van der Waals surface area contributed by atoms with Gasteiger partial charge < -0.3 is 10.4 Å². The Balaban J connectivity index is 1.47.